The van der Waals surface area contributed by atoms with E-state index in [0.29, 0.717) is 0 Å². The predicted octanol–water partition coefficient (Wildman–Crippen LogP) is -0.00950. The minimum absolute atomic E-state index is 0.0496. The molecule has 4 nitrogen and oxygen atoms in total. The van der Waals surface area contributed by atoms with Crippen molar-refractivity contribution in [2.24, 2.45) is 5.92 Å². The largest absolute Gasteiger partial charge is 0.487 e. The molecule has 0 radical (unpaired) electrons. The fourth-order valence-electron chi connectivity index (χ4n) is 2.05. The molecule has 4 bridgehead atoms. The van der Waals surface area contributed by atoms with Crippen LogP contribution in [0, 0.1) is 5.92 Å². The molecule has 3 aliphatic rings. The smallest absolute Gasteiger partial charge is 0.190 e. The number of rotatable bonds is 0. The van der Waals surface area contributed by atoms with Crippen molar-refractivity contribution < 1.29 is 19.1 Å². The lowest BCUT2D eigenvalue weighted by Crippen LogP contribution is -2.57. The van der Waals surface area contributed by atoms with Crippen molar-refractivity contribution in [2.75, 3.05) is 0 Å². The maximum atomic E-state index is 11.7. The Labute approximate surface area is 80.2 Å². The van der Waals surface area contributed by atoms with Gasteiger partial charge >= 0.3 is 0 Å². The standard InChI is InChI=1S/C10H8O4/c11-6-1-2-7-5-3-4-13-10(8(5)12)9(6)14-7/h1-5,7,9-10H/t5-,7+,9-,10-/m0/s1. The zero-order valence-corrected chi connectivity index (χ0v) is 7.25. The van der Waals surface area contributed by atoms with Gasteiger partial charge in [-0.2, -0.15) is 0 Å². The summed E-state index contributed by atoms with van der Waals surface area (Å²) in [4.78, 5) is 23.1. The fourth-order valence-corrected chi connectivity index (χ4v) is 2.05. The van der Waals surface area contributed by atoms with E-state index in [1.165, 1.54) is 12.3 Å². The molecule has 4 heteroatoms. The van der Waals surface area contributed by atoms with E-state index in [9.17, 15) is 9.59 Å². The van der Waals surface area contributed by atoms with Crippen molar-refractivity contribution in [3.05, 3.63) is 24.5 Å². The van der Waals surface area contributed by atoms with Crippen molar-refractivity contribution in [1.82, 2.24) is 0 Å². The van der Waals surface area contributed by atoms with Crippen LogP contribution in [0.3, 0.4) is 0 Å². The van der Waals surface area contributed by atoms with Gasteiger partial charge in [-0.1, -0.05) is 6.08 Å². The molecule has 0 saturated carbocycles. The molecule has 0 N–H and O–H groups in total. The van der Waals surface area contributed by atoms with Gasteiger partial charge in [0.25, 0.3) is 0 Å². The van der Waals surface area contributed by atoms with Gasteiger partial charge < -0.3 is 9.47 Å². The van der Waals surface area contributed by atoms with Crippen LogP contribution in [-0.2, 0) is 19.1 Å². The summed E-state index contributed by atoms with van der Waals surface area (Å²) in [6, 6.07) is 0. The second-order valence-electron chi connectivity index (χ2n) is 3.60. The molecule has 0 aromatic carbocycles. The first-order valence-corrected chi connectivity index (χ1v) is 4.51. The van der Waals surface area contributed by atoms with Crippen LogP contribution >= 0.6 is 0 Å². The SMILES string of the molecule is O=C1C=C[C@H]2O[C@@H]1[C@H]1OC=C[C@@H]2C1=O. The molecule has 3 aliphatic heterocycles. The third-order valence-electron chi connectivity index (χ3n) is 2.78. The highest BCUT2D eigenvalue weighted by Crippen LogP contribution is 2.32. The van der Waals surface area contributed by atoms with Crippen LogP contribution in [-0.4, -0.2) is 29.9 Å². The van der Waals surface area contributed by atoms with Gasteiger partial charge in [-0.15, -0.1) is 0 Å². The number of hydrogen-bond acceptors (Lipinski definition) is 4. The molecule has 14 heavy (non-hydrogen) atoms. The van der Waals surface area contributed by atoms with E-state index >= 15 is 0 Å². The summed E-state index contributed by atoms with van der Waals surface area (Å²) in [7, 11) is 0. The molecule has 0 unspecified atom stereocenters. The maximum Gasteiger partial charge on any atom is 0.190 e. The first-order chi connectivity index (χ1) is 6.77. The Morgan fingerprint density at radius 3 is 2.86 bits per heavy atom. The van der Waals surface area contributed by atoms with Crippen molar-refractivity contribution in [1.29, 1.82) is 0 Å². The van der Waals surface area contributed by atoms with Gasteiger partial charge in [0.15, 0.2) is 23.8 Å². The Morgan fingerprint density at radius 1 is 1.14 bits per heavy atom. The molecule has 0 aromatic rings. The van der Waals surface area contributed by atoms with Crippen LogP contribution < -0.4 is 0 Å². The quantitative estimate of drug-likeness (QED) is 0.541. The van der Waals surface area contributed by atoms with Gasteiger partial charge in [0.05, 0.1) is 18.3 Å². The average Bonchev–Trinajstić information content (AvgIpc) is 2.17. The second-order valence-corrected chi connectivity index (χ2v) is 3.60. The number of Topliss-reactive ketones (excluding diaryl/α,β-unsaturated/α-hetero) is 1. The van der Waals surface area contributed by atoms with E-state index in [0.717, 1.165) is 0 Å². The Kier molecular flexibility index (Phi) is 1.44. The number of hydrogen-bond donors (Lipinski definition) is 0. The van der Waals surface area contributed by atoms with E-state index in [4.69, 9.17) is 9.47 Å². The predicted molar refractivity (Wildman–Crippen MR) is 45.3 cm³/mol. The third kappa shape index (κ3) is 0.861. The minimum atomic E-state index is -0.737. The molecule has 0 aliphatic carbocycles. The van der Waals surface area contributed by atoms with Crippen LogP contribution in [0.5, 0.6) is 0 Å². The maximum absolute atomic E-state index is 11.7. The van der Waals surface area contributed by atoms with Crippen LogP contribution in [0.4, 0.5) is 0 Å². The summed E-state index contributed by atoms with van der Waals surface area (Å²) < 4.78 is 10.5. The zero-order valence-electron chi connectivity index (χ0n) is 7.25. The number of carbonyl (C=O) groups is 2. The fraction of sp³-hybridized carbons (Fsp3) is 0.400. The van der Waals surface area contributed by atoms with Gasteiger partial charge in [-0.05, 0) is 12.2 Å². The Hall–Kier alpha value is -1.42. The first kappa shape index (κ1) is 7.94. The molecule has 3 rings (SSSR count). The second kappa shape index (κ2) is 2.54. The van der Waals surface area contributed by atoms with Gasteiger partial charge in [0.2, 0.25) is 0 Å². The van der Waals surface area contributed by atoms with E-state index < -0.39 is 12.2 Å². The number of ketones is 2. The minimum Gasteiger partial charge on any atom is -0.487 e. The van der Waals surface area contributed by atoms with Crippen molar-refractivity contribution in [2.45, 2.75) is 18.3 Å². The van der Waals surface area contributed by atoms with Crippen molar-refractivity contribution in [3.8, 4) is 0 Å². The molecule has 3 heterocycles. The Morgan fingerprint density at radius 2 is 2.00 bits per heavy atom. The van der Waals surface area contributed by atoms with Crippen molar-refractivity contribution >= 4 is 11.6 Å². The summed E-state index contributed by atoms with van der Waals surface area (Å²) in [6.45, 7) is 0. The first-order valence-electron chi connectivity index (χ1n) is 4.51. The van der Waals surface area contributed by atoms with E-state index in [1.54, 1.807) is 12.2 Å². The highest BCUT2D eigenvalue weighted by atomic mass is 16.6. The molecular formula is C10H8O4. The molecule has 72 valence electrons. The Balaban J connectivity index is 2.10. The number of ether oxygens (including phenoxy) is 2. The van der Waals surface area contributed by atoms with Crippen LogP contribution in [0.2, 0.25) is 0 Å². The summed E-state index contributed by atoms with van der Waals surface area (Å²) in [5.41, 5.74) is 0. The van der Waals surface area contributed by atoms with E-state index in [1.807, 2.05) is 0 Å². The highest BCUT2D eigenvalue weighted by Gasteiger charge is 2.50. The molecule has 0 amide bonds. The van der Waals surface area contributed by atoms with Crippen LogP contribution in [0.15, 0.2) is 24.5 Å². The number of fused-ring (bicyclic) bond motifs is 6. The van der Waals surface area contributed by atoms with Crippen molar-refractivity contribution in [3.63, 3.8) is 0 Å². The third-order valence-corrected chi connectivity index (χ3v) is 2.78. The molecule has 0 aromatic heterocycles. The monoisotopic (exact) mass is 192 g/mol. The summed E-state index contributed by atoms with van der Waals surface area (Å²) in [5.74, 6) is -0.519. The summed E-state index contributed by atoms with van der Waals surface area (Å²) in [5, 5.41) is 0. The molecule has 1 saturated heterocycles. The molecule has 1 fully saturated rings. The van der Waals surface area contributed by atoms with Gasteiger partial charge in [-0.3, -0.25) is 9.59 Å². The van der Waals surface area contributed by atoms with Crippen LogP contribution in [0.1, 0.15) is 0 Å². The lowest BCUT2D eigenvalue weighted by Gasteiger charge is -2.40. The van der Waals surface area contributed by atoms with Gasteiger partial charge in [0, 0.05) is 0 Å². The van der Waals surface area contributed by atoms with Gasteiger partial charge in [-0.25, -0.2) is 0 Å². The normalized spacial score (nSPS) is 43.7. The summed E-state index contributed by atoms with van der Waals surface area (Å²) in [6.07, 6.45) is 4.53. The Bertz CT molecular complexity index is 368. The lowest BCUT2D eigenvalue weighted by molar-refractivity contribution is -0.172. The lowest BCUT2D eigenvalue weighted by atomic mass is 9.83. The molecule has 0 spiro atoms. The molecular weight excluding hydrogens is 184 g/mol. The zero-order chi connectivity index (χ0) is 9.71. The van der Waals surface area contributed by atoms with Gasteiger partial charge in [0.1, 0.15) is 0 Å². The highest BCUT2D eigenvalue weighted by molar-refractivity contribution is 6.02. The number of carbonyl (C=O) groups excluding carboxylic acids is 2. The average molecular weight is 192 g/mol. The van der Waals surface area contributed by atoms with Crippen LogP contribution in [0.25, 0.3) is 0 Å². The van der Waals surface area contributed by atoms with E-state index in [-0.39, 0.29) is 23.6 Å². The molecule has 4 atom stereocenters. The van der Waals surface area contributed by atoms with E-state index in [2.05, 4.69) is 0 Å². The summed E-state index contributed by atoms with van der Waals surface area (Å²) >= 11 is 0. The topological polar surface area (TPSA) is 52.6 Å².